The van der Waals surface area contributed by atoms with Crippen LogP contribution in [0.4, 0.5) is 11.4 Å². The van der Waals surface area contributed by atoms with Crippen molar-refractivity contribution in [1.82, 2.24) is 5.32 Å². The highest BCUT2D eigenvalue weighted by Gasteiger charge is 2.28. The van der Waals surface area contributed by atoms with E-state index < -0.39 is 6.04 Å². The lowest BCUT2D eigenvalue weighted by molar-refractivity contribution is -0.143. The van der Waals surface area contributed by atoms with Crippen LogP contribution in [0.3, 0.4) is 0 Å². The molecule has 0 heterocycles. The number of esters is 1. The van der Waals surface area contributed by atoms with E-state index in [1.165, 1.54) is 7.11 Å². The standard InChI is InChI=1S/C34H35N3O3.2CH4/c1-40-34(39)32(25-12-6-3-7-13-25)36-28-20-16-26(17-21-28)35-27-18-22-29(23-19-27)37-33(38)31-15-9-8-14-30(31)24-10-4-2-5-11-24;;/h2-15,18-19,22-23,26,28,32,35-36H,16-17,20-21H2,1H3,(H,37,38);2*1H4. The Morgan fingerprint density at radius 1 is 0.690 bits per heavy atom. The Kier molecular flexibility index (Phi) is 11.9. The Bertz CT molecular complexity index is 1400. The molecule has 1 aliphatic rings. The van der Waals surface area contributed by atoms with E-state index in [9.17, 15) is 9.59 Å². The van der Waals surface area contributed by atoms with E-state index in [2.05, 4.69) is 16.0 Å². The van der Waals surface area contributed by atoms with Crippen LogP contribution in [0.25, 0.3) is 11.1 Å². The number of carbonyl (C=O) groups excluding carboxylic acids is 2. The van der Waals surface area contributed by atoms with Gasteiger partial charge in [0.05, 0.1) is 7.11 Å². The maximum absolute atomic E-state index is 13.1. The van der Waals surface area contributed by atoms with Crippen molar-refractivity contribution in [3.05, 3.63) is 120 Å². The van der Waals surface area contributed by atoms with E-state index in [0.717, 1.165) is 53.7 Å². The maximum Gasteiger partial charge on any atom is 0.327 e. The number of methoxy groups -OCH3 is 1. The zero-order chi connectivity index (χ0) is 27.7. The van der Waals surface area contributed by atoms with Crippen molar-refractivity contribution in [2.24, 2.45) is 0 Å². The van der Waals surface area contributed by atoms with Crippen LogP contribution >= 0.6 is 0 Å². The quantitative estimate of drug-likeness (QED) is 0.179. The summed E-state index contributed by atoms with van der Waals surface area (Å²) in [6.45, 7) is 0. The van der Waals surface area contributed by atoms with E-state index in [4.69, 9.17) is 4.74 Å². The second kappa shape index (κ2) is 15.5. The highest BCUT2D eigenvalue weighted by molar-refractivity contribution is 6.08. The molecule has 1 unspecified atom stereocenters. The van der Waals surface area contributed by atoms with Crippen LogP contribution in [0.15, 0.2) is 109 Å². The van der Waals surface area contributed by atoms with E-state index in [1.54, 1.807) is 0 Å². The molecule has 1 amide bonds. The van der Waals surface area contributed by atoms with Gasteiger partial charge < -0.3 is 15.4 Å². The average Bonchev–Trinajstić information content (AvgIpc) is 3.02. The molecule has 1 fully saturated rings. The van der Waals surface area contributed by atoms with Gasteiger partial charge in [0.25, 0.3) is 5.91 Å². The molecule has 5 rings (SSSR count). The van der Waals surface area contributed by atoms with Crippen LogP contribution in [-0.4, -0.2) is 31.1 Å². The molecular weight excluding hydrogens is 522 g/mol. The molecule has 4 aromatic carbocycles. The molecule has 4 aromatic rings. The Balaban J connectivity index is 0.00000242. The lowest BCUT2D eigenvalue weighted by Gasteiger charge is -2.32. The van der Waals surface area contributed by atoms with Gasteiger partial charge in [0.1, 0.15) is 6.04 Å². The van der Waals surface area contributed by atoms with E-state index in [0.29, 0.717) is 11.6 Å². The Morgan fingerprint density at radius 3 is 1.88 bits per heavy atom. The SMILES string of the molecule is C.C.COC(=O)C(NC1CCC(Nc2ccc(NC(=O)c3ccccc3-c3ccccc3)cc2)CC1)c1ccccc1. The molecule has 6 nitrogen and oxygen atoms in total. The third-order valence-electron chi connectivity index (χ3n) is 7.47. The molecule has 1 atom stereocenters. The molecule has 3 N–H and O–H groups in total. The fourth-order valence-corrected chi connectivity index (χ4v) is 5.34. The molecule has 6 heteroatoms. The number of carbonyl (C=O) groups is 2. The minimum atomic E-state index is -0.455. The first-order valence-corrected chi connectivity index (χ1v) is 13.8. The molecular formula is C36H43N3O3. The normalized spacial score (nSPS) is 16.6. The number of ether oxygens (including phenoxy) is 1. The summed E-state index contributed by atoms with van der Waals surface area (Å²) in [5.41, 5.74) is 5.26. The summed E-state index contributed by atoms with van der Waals surface area (Å²) in [5.74, 6) is -0.395. The molecule has 0 aliphatic heterocycles. The van der Waals surface area contributed by atoms with Crippen LogP contribution in [0.1, 0.15) is 62.5 Å². The van der Waals surface area contributed by atoms with Gasteiger partial charge in [0.15, 0.2) is 0 Å². The largest absolute Gasteiger partial charge is 0.468 e. The van der Waals surface area contributed by atoms with Gasteiger partial charge in [-0.1, -0.05) is 93.7 Å². The van der Waals surface area contributed by atoms with Crippen molar-refractivity contribution >= 4 is 23.3 Å². The predicted molar refractivity (Wildman–Crippen MR) is 174 cm³/mol. The number of nitrogens with one attached hydrogen (secondary N) is 3. The minimum Gasteiger partial charge on any atom is -0.468 e. The molecule has 0 bridgehead atoms. The highest BCUT2D eigenvalue weighted by atomic mass is 16.5. The first-order valence-electron chi connectivity index (χ1n) is 13.8. The van der Waals surface area contributed by atoms with Gasteiger partial charge in [-0.05, 0) is 72.7 Å². The van der Waals surface area contributed by atoms with Gasteiger partial charge in [-0.15, -0.1) is 0 Å². The van der Waals surface area contributed by atoms with Crippen molar-refractivity contribution in [2.45, 2.75) is 58.7 Å². The molecule has 0 saturated heterocycles. The summed E-state index contributed by atoms with van der Waals surface area (Å²) in [6.07, 6.45) is 3.92. The molecule has 0 radical (unpaired) electrons. The second-order valence-electron chi connectivity index (χ2n) is 10.2. The Hall–Kier alpha value is -4.42. The lowest BCUT2D eigenvalue weighted by Crippen LogP contribution is -2.41. The monoisotopic (exact) mass is 565 g/mol. The second-order valence-corrected chi connectivity index (χ2v) is 10.2. The number of hydrogen-bond donors (Lipinski definition) is 3. The Morgan fingerprint density at radius 2 is 1.24 bits per heavy atom. The van der Waals surface area contributed by atoms with Crippen LogP contribution in [0.5, 0.6) is 0 Å². The highest BCUT2D eigenvalue weighted by Crippen LogP contribution is 2.27. The third kappa shape index (κ3) is 8.08. The zero-order valence-corrected chi connectivity index (χ0v) is 22.7. The smallest absolute Gasteiger partial charge is 0.327 e. The van der Waals surface area contributed by atoms with Gasteiger partial charge in [-0.3, -0.25) is 10.1 Å². The molecule has 1 saturated carbocycles. The van der Waals surface area contributed by atoms with Crippen molar-refractivity contribution in [1.29, 1.82) is 0 Å². The van der Waals surface area contributed by atoms with Gasteiger partial charge in [0.2, 0.25) is 0 Å². The number of anilines is 2. The molecule has 0 aromatic heterocycles. The average molecular weight is 566 g/mol. The van der Waals surface area contributed by atoms with Crippen molar-refractivity contribution in [3.63, 3.8) is 0 Å². The Labute approximate surface area is 250 Å². The number of hydrogen-bond acceptors (Lipinski definition) is 5. The van der Waals surface area contributed by atoms with Crippen LogP contribution in [-0.2, 0) is 9.53 Å². The number of rotatable bonds is 9. The first kappa shape index (κ1) is 32.1. The summed E-state index contributed by atoms with van der Waals surface area (Å²) in [4.78, 5) is 25.5. The molecule has 0 spiro atoms. The zero-order valence-electron chi connectivity index (χ0n) is 22.7. The first-order chi connectivity index (χ1) is 19.6. The molecule has 42 heavy (non-hydrogen) atoms. The van der Waals surface area contributed by atoms with Crippen LogP contribution < -0.4 is 16.0 Å². The lowest BCUT2D eigenvalue weighted by atomic mass is 9.90. The van der Waals surface area contributed by atoms with E-state index in [-0.39, 0.29) is 32.8 Å². The van der Waals surface area contributed by atoms with E-state index in [1.807, 2.05) is 109 Å². The number of benzene rings is 4. The fraction of sp³-hybridized carbons (Fsp3) is 0.278. The van der Waals surface area contributed by atoms with Gasteiger partial charge in [-0.25, -0.2) is 4.79 Å². The van der Waals surface area contributed by atoms with E-state index >= 15 is 0 Å². The minimum absolute atomic E-state index is 0. The third-order valence-corrected chi connectivity index (χ3v) is 7.47. The number of amides is 1. The van der Waals surface area contributed by atoms with Crippen molar-refractivity contribution in [3.8, 4) is 11.1 Å². The maximum atomic E-state index is 13.1. The van der Waals surface area contributed by atoms with Gasteiger partial charge >= 0.3 is 5.97 Å². The topological polar surface area (TPSA) is 79.5 Å². The summed E-state index contributed by atoms with van der Waals surface area (Å²) in [6, 6.07) is 35.3. The molecule has 220 valence electrons. The van der Waals surface area contributed by atoms with Gasteiger partial charge in [0, 0.05) is 29.0 Å². The summed E-state index contributed by atoms with van der Waals surface area (Å²) >= 11 is 0. The molecule has 1 aliphatic carbocycles. The van der Waals surface area contributed by atoms with Crippen molar-refractivity contribution < 1.29 is 14.3 Å². The van der Waals surface area contributed by atoms with Crippen LogP contribution in [0, 0.1) is 0 Å². The summed E-state index contributed by atoms with van der Waals surface area (Å²) in [5, 5.41) is 10.2. The fourth-order valence-electron chi connectivity index (χ4n) is 5.34. The van der Waals surface area contributed by atoms with Gasteiger partial charge in [-0.2, -0.15) is 0 Å². The summed E-state index contributed by atoms with van der Waals surface area (Å²) < 4.78 is 5.05. The van der Waals surface area contributed by atoms with Crippen LogP contribution in [0.2, 0.25) is 0 Å². The summed E-state index contributed by atoms with van der Waals surface area (Å²) in [7, 11) is 1.43. The van der Waals surface area contributed by atoms with Crippen molar-refractivity contribution in [2.75, 3.05) is 17.7 Å². The predicted octanol–water partition coefficient (Wildman–Crippen LogP) is 8.11.